The standard InChI is InChI=1S/C38H48N4O10/c1-25(43)33(36(47)49-5)42-32(44)21-39-34(45)30(20-26-16-18-29(19-17-26)51-23-28-14-10-7-11-15-28)40-35(46)31(41-37(48)52-38(2,3)4)24-50-22-27-12-8-6-9-13-27/h6-19,25,30-31,33,43H,20-24H2,1-5H3,(H,39,45)(H,40,46)(H,41,48)(H,42,44)/t25-,30+,31+,33-/m1/s1. The molecule has 4 atom stereocenters. The number of methoxy groups -OCH3 is 1. The molecule has 3 rings (SSSR count). The van der Waals surface area contributed by atoms with E-state index in [4.69, 9.17) is 14.2 Å². The number of alkyl carbamates (subject to hydrolysis) is 1. The number of carbonyl (C=O) groups is 5. The van der Waals surface area contributed by atoms with Gasteiger partial charge in [0.05, 0.1) is 33.0 Å². The van der Waals surface area contributed by atoms with Crippen molar-refractivity contribution < 1.29 is 48.0 Å². The summed E-state index contributed by atoms with van der Waals surface area (Å²) in [7, 11) is 1.11. The van der Waals surface area contributed by atoms with Gasteiger partial charge in [-0.2, -0.15) is 0 Å². The number of ether oxygens (including phenoxy) is 4. The number of aliphatic hydroxyl groups is 1. The first-order valence-corrected chi connectivity index (χ1v) is 16.7. The van der Waals surface area contributed by atoms with E-state index in [1.54, 1.807) is 45.0 Å². The van der Waals surface area contributed by atoms with Crippen LogP contribution in [0.25, 0.3) is 0 Å². The number of nitrogens with one attached hydrogen (secondary N) is 4. The summed E-state index contributed by atoms with van der Waals surface area (Å²) in [6, 6.07) is 21.9. The summed E-state index contributed by atoms with van der Waals surface area (Å²) in [5.41, 5.74) is 1.63. The molecule has 0 heterocycles. The van der Waals surface area contributed by atoms with Crippen molar-refractivity contribution in [3.05, 3.63) is 102 Å². The maximum absolute atomic E-state index is 13.7. The van der Waals surface area contributed by atoms with Gasteiger partial charge in [0.1, 0.15) is 30.0 Å². The van der Waals surface area contributed by atoms with Gasteiger partial charge in [-0.05, 0) is 56.5 Å². The van der Waals surface area contributed by atoms with E-state index in [2.05, 4.69) is 26.0 Å². The Morgan fingerprint density at radius 2 is 1.33 bits per heavy atom. The van der Waals surface area contributed by atoms with Crippen LogP contribution in [0.5, 0.6) is 5.75 Å². The molecular formula is C38H48N4O10. The number of carbonyl (C=O) groups excluding carboxylic acids is 5. The summed E-state index contributed by atoms with van der Waals surface area (Å²) in [5, 5.41) is 19.9. The molecule has 4 amide bonds. The topological polar surface area (TPSA) is 191 Å². The van der Waals surface area contributed by atoms with E-state index < -0.39 is 66.2 Å². The fraction of sp³-hybridized carbons (Fsp3) is 0.395. The van der Waals surface area contributed by atoms with Crippen LogP contribution < -0.4 is 26.0 Å². The Balaban J connectivity index is 1.77. The molecule has 0 saturated heterocycles. The second kappa shape index (κ2) is 20.4. The van der Waals surface area contributed by atoms with E-state index in [0.717, 1.165) is 18.2 Å². The van der Waals surface area contributed by atoms with Gasteiger partial charge in [0, 0.05) is 6.42 Å². The molecule has 0 aliphatic rings. The minimum atomic E-state index is -1.36. The molecule has 14 nitrogen and oxygen atoms in total. The Morgan fingerprint density at radius 3 is 1.88 bits per heavy atom. The largest absolute Gasteiger partial charge is 0.489 e. The lowest BCUT2D eigenvalue weighted by Gasteiger charge is -2.25. The summed E-state index contributed by atoms with van der Waals surface area (Å²) in [5.74, 6) is -2.54. The lowest BCUT2D eigenvalue weighted by atomic mass is 10.0. The smallest absolute Gasteiger partial charge is 0.408 e. The van der Waals surface area contributed by atoms with Gasteiger partial charge in [0.25, 0.3) is 0 Å². The quantitative estimate of drug-likeness (QED) is 0.122. The van der Waals surface area contributed by atoms with Crippen LogP contribution in [0.4, 0.5) is 4.79 Å². The summed E-state index contributed by atoms with van der Waals surface area (Å²) < 4.78 is 21.6. The van der Waals surface area contributed by atoms with Gasteiger partial charge in [-0.25, -0.2) is 9.59 Å². The molecule has 0 spiro atoms. The van der Waals surface area contributed by atoms with Gasteiger partial charge in [0.15, 0.2) is 6.04 Å². The molecule has 0 fully saturated rings. The minimum Gasteiger partial charge on any atom is -0.489 e. The highest BCUT2D eigenvalue weighted by atomic mass is 16.6. The average molecular weight is 721 g/mol. The zero-order valence-corrected chi connectivity index (χ0v) is 30.0. The lowest BCUT2D eigenvalue weighted by Crippen LogP contribution is -2.57. The van der Waals surface area contributed by atoms with Gasteiger partial charge in [-0.15, -0.1) is 0 Å². The molecule has 0 aromatic heterocycles. The van der Waals surface area contributed by atoms with Crippen molar-refractivity contribution in [2.24, 2.45) is 0 Å². The van der Waals surface area contributed by atoms with E-state index in [1.807, 2.05) is 60.7 Å². The highest BCUT2D eigenvalue weighted by molar-refractivity contribution is 5.93. The van der Waals surface area contributed by atoms with E-state index in [1.165, 1.54) is 6.92 Å². The molecule has 52 heavy (non-hydrogen) atoms. The maximum Gasteiger partial charge on any atom is 0.408 e. The molecule has 0 aliphatic heterocycles. The van der Waals surface area contributed by atoms with Gasteiger partial charge in [-0.1, -0.05) is 72.8 Å². The molecule has 3 aromatic carbocycles. The zero-order valence-electron chi connectivity index (χ0n) is 30.0. The number of esters is 1. The second-order valence-electron chi connectivity index (χ2n) is 12.9. The van der Waals surface area contributed by atoms with Crippen molar-refractivity contribution in [2.75, 3.05) is 20.3 Å². The first kappa shape index (κ1) is 41.0. The van der Waals surface area contributed by atoms with Crippen molar-refractivity contribution in [2.45, 2.75) is 77.2 Å². The Bertz CT molecular complexity index is 1600. The first-order valence-electron chi connectivity index (χ1n) is 16.7. The normalized spacial score (nSPS) is 13.3. The van der Waals surface area contributed by atoms with Crippen molar-refractivity contribution in [1.29, 1.82) is 0 Å². The monoisotopic (exact) mass is 720 g/mol. The number of amides is 4. The Labute approximate surface area is 303 Å². The molecule has 280 valence electrons. The Morgan fingerprint density at radius 1 is 0.731 bits per heavy atom. The van der Waals surface area contributed by atoms with Crippen LogP contribution in [0, 0.1) is 0 Å². The zero-order chi connectivity index (χ0) is 38.1. The van der Waals surface area contributed by atoms with Crippen molar-refractivity contribution in [1.82, 2.24) is 21.3 Å². The van der Waals surface area contributed by atoms with Gasteiger partial charge in [0.2, 0.25) is 17.7 Å². The Kier molecular flexibility index (Phi) is 16.1. The molecule has 14 heteroatoms. The summed E-state index contributed by atoms with van der Waals surface area (Å²) in [6.07, 6.45) is -2.14. The summed E-state index contributed by atoms with van der Waals surface area (Å²) in [6.45, 7) is 6.00. The molecule has 0 radical (unpaired) electrons. The average Bonchev–Trinajstić information content (AvgIpc) is 3.11. The summed E-state index contributed by atoms with van der Waals surface area (Å²) >= 11 is 0. The lowest BCUT2D eigenvalue weighted by molar-refractivity contribution is -0.148. The van der Waals surface area contributed by atoms with Crippen LogP contribution >= 0.6 is 0 Å². The molecule has 0 saturated carbocycles. The first-order chi connectivity index (χ1) is 24.7. The fourth-order valence-corrected chi connectivity index (χ4v) is 4.70. The van der Waals surface area contributed by atoms with Crippen molar-refractivity contribution in [3.63, 3.8) is 0 Å². The van der Waals surface area contributed by atoms with Crippen molar-refractivity contribution in [3.8, 4) is 5.75 Å². The fourth-order valence-electron chi connectivity index (χ4n) is 4.70. The third kappa shape index (κ3) is 14.8. The van der Waals surface area contributed by atoms with Gasteiger partial charge < -0.3 is 45.3 Å². The van der Waals surface area contributed by atoms with Crippen LogP contribution in [-0.4, -0.2) is 85.0 Å². The van der Waals surface area contributed by atoms with E-state index in [0.29, 0.717) is 17.9 Å². The van der Waals surface area contributed by atoms with E-state index in [9.17, 15) is 29.1 Å². The van der Waals surface area contributed by atoms with Crippen LogP contribution in [0.15, 0.2) is 84.9 Å². The predicted molar refractivity (Wildman–Crippen MR) is 191 cm³/mol. The number of rotatable bonds is 18. The third-order valence-corrected chi connectivity index (χ3v) is 7.33. The summed E-state index contributed by atoms with van der Waals surface area (Å²) in [4.78, 5) is 64.6. The molecule has 3 aromatic rings. The van der Waals surface area contributed by atoms with Crippen LogP contribution in [0.2, 0.25) is 0 Å². The molecule has 0 aliphatic carbocycles. The minimum absolute atomic E-state index is 0.0132. The van der Waals surface area contributed by atoms with Crippen LogP contribution in [-0.2, 0) is 53.0 Å². The maximum atomic E-state index is 13.7. The van der Waals surface area contributed by atoms with E-state index in [-0.39, 0.29) is 19.6 Å². The highest BCUT2D eigenvalue weighted by Crippen LogP contribution is 2.16. The molecule has 0 bridgehead atoms. The molecule has 5 N–H and O–H groups in total. The van der Waals surface area contributed by atoms with Gasteiger partial charge in [-0.3, -0.25) is 14.4 Å². The SMILES string of the molecule is COC(=O)[C@H](NC(=O)CNC(=O)[C@H](Cc1ccc(OCc2ccccc2)cc1)NC(=O)[C@H](COCc1ccccc1)NC(=O)OC(C)(C)C)[C@@H](C)O. The third-order valence-electron chi connectivity index (χ3n) is 7.33. The van der Waals surface area contributed by atoms with Crippen molar-refractivity contribution >= 4 is 29.8 Å². The predicted octanol–water partition coefficient (Wildman–Crippen LogP) is 2.56. The van der Waals surface area contributed by atoms with Crippen LogP contribution in [0.3, 0.4) is 0 Å². The molecular weight excluding hydrogens is 672 g/mol. The Hall–Kier alpha value is -5.47. The highest BCUT2D eigenvalue weighted by Gasteiger charge is 2.30. The number of benzene rings is 3. The van der Waals surface area contributed by atoms with E-state index >= 15 is 0 Å². The van der Waals surface area contributed by atoms with Crippen LogP contribution in [0.1, 0.15) is 44.4 Å². The number of hydrogen-bond donors (Lipinski definition) is 5. The van der Waals surface area contributed by atoms with Gasteiger partial charge >= 0.3 is 12.1 Å². The molecule has 0 unspecified atom stereocenters. The number of hydrogen-bond acceptors (Lipinski definition) is 10. The number of aliphatic hydroxyl groups excluding tert-OH is 1. The second-order valence-corrected chi connectivity index (χ2v) is 12.9.